The third-order valence-electron chi connectivity index (χ3n) is 2.99. The molecule has 3 fully saturated rings. The summed E-state index contributed by atoms with van der Waals surface area (Å²) < 4.78 is 0. The van der Waals surface area contributed by atoms with Crippen molar-refractivity contribution in [1.82, 2.24) is 20.4 Å². The summed E-state index contributed by atoms with van der Waals surface area (Å²) in [5.74, 6) is -0.706. The summed E-state index contributed by atoms with van der Waals surface area (Å²) in [5, 5.41) is 6.48. The Bertz CT molecular complexity index is 250. The lowest BCUT2D eigenvalue weighted by Gasteiger charge is -2.34. The highest BCUT2D eigenvalue weighted by atomic mass is 16.2. The zero-order valence-electron chi connectivity index (χ0n) is 9.37. The number of carbonyl (C=O) groups is 2. The molecule has 0 radical (unpaired) electrons. The highest BCUT2D eigenvalue weighted by Gasteiger charge is 2.31. The minimum absolute atomic E-state index is 0.353. The summed E-state index contributed by atoms with van der Waals surface area (Å²) in [6, 6.07) is 0. The molecule has 0 aromatic carbocycles. The first-order valence-corrected chi connectivity index (χ1v) is 5.78. The Kier molecular flexibility index (Phi) is 3.74. The molecule has 0 spiro atoms. The third-order valence-corrected chi connectivity index (χ3v) is 2.99. The Balaban J connectivity index is 2.01. The lowest BCUT2D eigenvalue weighted by Crippen LogP contribution is -2.57. The Morgan fingerprint density at radius 1 is 0.688 bits per heavy atom. The van der Waals surface area contributed by atoms with Crippen molar-refractivity contribution in [3.63, 3.8) is 0 Å². The number of nitrogens with zero attached hydrogens (tertiary/aromatic N) is 2. The van der Waals surface area contributed by atoms with E-state index in [0.717, 1.165) is 26.2 Å². The van der Waals surface area contributed by atoms with Gasteiger partial charge in [-0.3, -0.25) is 9.59 Å². The molecule has 6 nitrogen and oxygen atoms in total. The van der Waals surface area contributed by atoms with Crippen LogP contribution in [0.2, 0.25) is 0 Å². The first-order chi connectivity index (χ1) is 7.79. The molecule has 16 heavy (non-hydrogen) atoms. The van der Waals surface area contributed by atoms with Gasteiger partial charge in [0.05, 0.1) is 0 Å². The number of amides is 2. The van der Waals surface area contributed by atoms with Crippen molar-refractivity contribution in [2.75, 3.05) is 52.4 Å². The molecule has 0 aliphatic carbocycles. The fraction of sp³-hybridized carbons (Fsp3) is 0.800. The van der Waals surface area contributed by atoms with Gasteiger partial charge in [-0.2, -0.15) is 0 Å². The summed E-state index contributed by atoms with van der Waals surface area (Å²) in [6.07, 6.45) is 0. The molecule has 2 amide bonds. The fourth-order valence-electron chi connectivity index (χ4n) is 2.00. The molecule has 2 bridgehead atoms. The van der Waals surface area contributed by atoms with E-state index in [0.29, 0.717) is 26.2 Å². The van der Waals surface area contributed by atoms with Crippen molar-refractivity contribution >= 4 is 11.8 Å². The lowest BCUT2D eigenvalue weighted by molar-refractivity contribution is -0.155. The van der Waals surface area contributed by atoms with Crippen molar-refractivity contribution in [2.45, 2.75) is 0 Å². The highest BCUT2D eigenvalue weighted by molar-refractivity contribution is 6.35. The Morgan fingerprint density at radius 2 is 1.12 bits per heavy atom. The van der Waals surface area contributed by atoms with Crippen LogP contribution in [0.1, 0.15) is 0 Å². The molecule has 6 heteroatoms. The molecule has 0 saturated carbocycles. The van der Waals surface area contributed by atoms with Crippen LogP contribution in [0.3, 0.4) is 0 Å². The van der Waals surface area contributed by atoms with Crippen LogP contribution in [0.15, 0.2) is 0 Å². The van der Waals surface area contributed by atoms with Crippen molar-refractivity contribution in [3.8, 4) is 0 Å². The van der Waals surface area contributed by atoms with Gasteiger partial charge in [0, 0.05) is 52.4 Å². The molecule has 3 aliphatic heterocycles. The van der Waals surface area contributed by atoms with E-state index in [9.17, 15) is 9.59 Å². The van der Waals surface area contributed by atoms with Gasteiger partial charge in [-0.05, 0) is 0 Å². The molecule has 90 valence electrons. The maximum absolute atomic E-state index is 11.7. The Labute approximate surface area is 95.0 Å². The van der Waals surface area contributed by atoms with Crippen molar-refractivity contribution in [3.05, 3.63) is 0 Å². The monoisotopic (exact) mass is 226 g/mol. The van der Waals surface area contributed by atoms with Crippen molar-refractivity contribution < 1.29 is 9.59 Å². The zero-order chi connectivity index (χ0) is 11.4. The standard InChI is InChI=1S/C10H18N4O2/c15-9-10(16)14-6-4-12-2-1-11-3-5-13(9)7-8-14/h11-12H,1-8H2. The quantitative estimate of drug-likeness (QED) is 0.462. The van der Waals surface area contributed by atoms with E-state index in [-0.39, 0.29) is 11.8 Å². The van der Waals surface area contributed by atoms with Gasteiger partial charge in [0.25, 0.3) is 0 Å². The van der Waals surface area contributed by atoms with Crippen LogP contribution in [0, 0.1) is 0 Å². The molecule has 3 saturated heterocycles. The second-order valence-electron chi connectivity index (χ2n) is 4.08. The number of hydrogen-bond acceptors (Lipinski definition) is 4. The SMILES string of the molecule is O=C1C(=O)N2CCNCCNCCN1CC2. The number of fused-ring (bicyclic) bond motifs is 9. The summed E-state index contributed by atoms with van der Waals surface area (Å²) in [6.45, 7) is 5.86. The number of rotatable bonds is 0. The van der Waals surface area contributed by atoms with E-state index in [1.807, 2.05) is 0 Å². The minimum Gasteiger partial charge on any atom is -0.331 e. The van der Waals surface area contributed by atoms with E-state index in [2.05, 4.69) is 10.6 Å². The van der Waals surface area contributed by atoms with E-state index in [1.54, 1.807) is 9.80 Å². The number of hydrogen-bond donors (Lipinski definition) is 2. The smallest absolute Gasteiger partial charge is 0.312 e. The van der Waals surface area contributed by atoms with Crippen LogP contribution in [0.5, 0.6) is 0 Å². The second kappa shape index (κ2) is 5.27. The lowest BCUT2D eigenvalue weighted by atomic mass is 10.2. The van der Waals surface area contributed by atoms with Crippen LogP contribution in [-0.4, -0.2) is 74.0 Å². The van der Waals surface area contributed by atoms with Crippen LogP contribution >= 0.6 is 0 Å². The average Bonchev–Trinajstić information content (AvgIpc) is 2.27. The van der Waals surface area contributed by atoms with Gasteiger partial charge >= 0.3 is 11.8 Å². The van der Waals surface area contributed by atoms with E-state index in [4.69, 9.17) is 0 Å². The molecule has 0 atom stereocenters. The summed E-state index contributed by atoms with van der Waals surface area (Å²) in [5.41, 5.74) is 0. The van der Waals surface area contributed by atoms with E-state index in [1.165, 1.54) is 0 Å². The summed E-state index contributed by atoms with van der Waals surface area (Å²) in [4.78, 5) is 26.7. The first kappa shape index (κ1) is 11.3. The Hall–Kier alpha value is -1.14. The van der Waals surface area contributed by atoms with Crippen LogP contribution in [0.4, 0.5) is 0 Å². The van der Waals surface area contributed by atoms with Crippen molar-refractivity contribution in [1.29, 1.82) is 0 Å². The Morgan fingerprint density at radius 3 is 1.56 bits per heavy atom. The zero-order valence-corrected chi connectivity index (χ0v) is 9.37. The second-order valence-corrected chi connectivity index (χ2v) is 4.08. The summed E-state index contributed by atoms with van der Waals surface area (Å²) in [7, 11) is 0. The van der Waals surface area contributed by atoms with Crippen LogP contribution in [-0.2, 0) is 9.59 Å². The van der Waals surface area contributed by atoms with Gasteiger partial charge in [0.15, 0.2) is 0 Å². The molecule has 0 aromatic rings. The molecule has 0 aromatic heterocycles. The largest absolute Gasteiger partial charge is 0.331 e. The maximum atomic E-state index is 11.7. The molecular weight excluding hydrogens is 208 g/mol. The van der Waals surface area contributed by atoms with Gasteiger partial charge in [-0.1, -0.05) is 0 Å². The number of piperazine rings is 1. The normalized spacial score (nSPS) is 24.2. The minimum atomic E-state index is -0.353. The molecule has 2 N–H and O–H groups in total. The predicted molar refractivity (Wildman–Crippen MR) is 58.9 cm³/mol. The van der Waals surface area contributed by atoms with Gasteiger partial charge < -0.3 is 20.4 Å². The molecule has 3 rings (SSSR count). The maximum Gasteiger partial charge on any atom is 0.312 e. The number of nitrogens with one attached hydrogen (secondary N) is 2. The van der Waals surface area contributed by atoms with Crippen molar-refractivity contribution in [2.24, 2.45) is 0 Å². The number of carbonyl (C=O) groups excluding carboxylic acids is 2. The average molecular weight is 226 g/mol. The molecular formula is C10H18N4O2. The van der Waals surface area contributed by atoms with Gasteiger partial charge in [-0.25, -0.2) is 0 Å². The van der Waals surface area contributed by atoms with Crippen LogP contribution < -0.4 is 10.6 Å². The van der Waals surface area contributed by atoms with Gasteiger partial charge in [0.2, 0.25) is 0 Å². The first-order valence-electron chi connectivity index (χ1n) is 5.78. The topological polar surface area (TPSA) is 64.7 Å². The summed E-state index contributed by atoms with van der Waals surface area (Å²) >= 11 is 0. The molecule has 3 aliphatic rings. The fourth-order valence-corrected chi connectivity index (χ4v) is 2.00. The highest BCUT2D eigenvalue weighted by Crippen LogP contribution is 2.04. The van der Waals surface area contributed by atoms with E-state index >= 15 is 0 Å². The molecule has 0 unspecified atom stereocenters. The van der Waals surface area contributed by atoms with Gasteiger partial charge in [0.1, 0.15) is 0 Å². The van der Waals surface area contributed by atoms with E-state index < -0.39 is 0 Å². The molecule has 3 heterocycles. The predicted octanol–water partition coefficient (Wildman–Crippen LogP) is -2.15. The van der Waals surface area contributed by atoms with Crippen LogP contribution in [0.25, 0.3) is 0 Å². The third kappa shape index (κ3) is 2.51. The van der Waals surface area contributed by atoms with Gasteiger partial charge in [-0.15, -0.1) is 0 Å².